The molecule has 5 heterocycles. The number of aryl methyl sites for hydroxylation is 1. The lowest BCUT2D eigenvalue weighted by Crippen LogP contribution is -2.41. The third kappa shape index (κ3) is 3.53. The summed E-state index contributed by atoms with van der Waals surface area (Å²) >= 11 is 0. The van der Waals surface area contributed by atoms with Crippen LogP contribution in [0.1, 0.15) is 24.6 Å². The van der Waals surface area contributed by atoms with Crippen molar-refractivity contribution in [3.8, 4) is 5.75 Å². The zero-order chi connectivity index (χ0) is 21.8. The van der Waals surface area contributed by atoms with Gasteiger partial charge in [0.2, 0.25) is 0 Å². The second-order valence-electron chi connectivity index (χ2n) is 7.88. The quantitative estimate of drug-likeness (QED) is 0.674. The Morgan fingerprint density at radius 1 is 1.23 bits per heavy atom. The van der Waals surface area contributed by atoms with Gasteiger partial charge in [0.1, 0.15) is 12.8 Å². The van der Waals surface area contributed by atoms with Gasteiger partial charge in [-0.15, -0.1) is 0 Å². The highest BCUT2D eigenvalue weighted by molar-refractivity contribution is 5.69. The number of aromatic nitrogens is 4. The molecule has 0 spiro atoms. The molecule has 1 fully saturated rings. The van der Waals surface area contributed by atoms with Gasteiger partial charge < -0.3 is 14.7 Å². The van der Waals surface area contributed by atoms with Crippen molar-refractivity contribution in [3.05, 3.63) is 46.6 Å². The Morgan fingerprint density at radius 2 is 2.00 bits per heavy atom. The molecule has 2 aliphatic heterocycles. The number of aliphatic hydroxyl groups is 1. The van der Waals surface area contributed by atoms with Crippen LogP contribution in [0.2, 0.25) is 0 Å². The van der Waals surface area contributed by atoms with Gasteiger partial charge in [-0.1, -0.05) is 0 Å². The number of aliphatic hydroxyl groups excluding tert-OH is 1. The average Bonchev–Trinajstić information content (AvgIpc) is 3.05. The minimum absolute atomic E-state index is 0.113. The van der Waals surface area contributed by atoms with Crippen LogP contribution in [0.15, 0.2) is 35.4 Å². The first-order chi connectivity index (χ1) is 14.8. The van der Waals surface area contributed by atoms with E-state index in [9.17, 15) is 18.7 Å². The van der Waals surface area contributed by atoms with E-state index < -0.39 is 12.2 Å². The monoisotopic (exact) mass is 432 g/mol. The number of fused-ring (bicyclic) bond motifs is 2. The first kappa shape index (κ1) is 19.9. The van der Waals surface area contributed by atoms with E-state index in [1.54, 1.807) is 36.5 Å². The molecule has 0 aromatic carbocycles. The van der Waals surface area contributed by atoms with Crippen LogP contribution in [0.5, 0.6) is 5.75 Å². The molecule has 1 atom stereocenters. The summed E-state index contributed by atoms with van der Waals surface area (Å²) in [4.78, 5) is 20.1. The smallest absolute Gasteiger partial charge is 0.350 e. The molecule has 9 nitrogen and oxygen atoms in total. The summed E-state index contributed by atoms with van der Waals surface area (Å²) in [6.45, 7) is 1.18. The predicted octanol–water partition coefficient (Wildman–Crippen LogP) is 1.68. The van der Waals surface area contributed by atoms with Gasteiger partial charge in [-0.05, 0) is 12.1 Å². The topological polar surface area (TPSA) is 88.1 Å². The normalized spacial score (nSPS) is 19.8. The van der Waals surface area contributed by atoms with Crippen LogP contribution in [-0.4, -0.2) is 61.3 Å². The largest absolute Gasteiger partial charge is 0.488 e. The number of pyridine rings is 2. The number of ether oxygens (including phenoxy) is 1. The molecule has 2 aliphatic rings. The van der Waals surface area contributed by atoms with Gasteiger partial charge >= 0.3 is 5.69 Å². The fraction of sp³-hybridized carbons (Fsp3) is 0.450. The van der Waals surface area contributed by atoms with Crippen molar-refractivity contribution in [1.29, 1.82) is 0 Å². The van der Waals surface area contributed by atoms with Crippen molar-refractivity contribution >= 4 is 17.2 Å². The lowest BCUT2D eigenvalue weighted by atomic mass is 10.1. The molecule has 0 bridgehead atoms. The van der Waals surface area contributed by atoms with Gasteiger partial charge in [0.15, 0.2) is 17.2 Å². The Kier molecular flexibility index (Phi) is 4.67. The van der Waals surface area contributed by atoms with Crippen LogP contribution in [0, 0.1) is 0 Å². The van der Waals surface area contributed by atoms with Gasteiger partial charge in [-0.3, -0.25) is 9.30 Å². The third-order valence-corrected chi connectivity index (χ3v) is 5.82. The van der Waals surface area contributed by atoms with E-state index in [0.29, 0.717) is 35.9 Å². The summed E-state index contributed by atoms with van der Waals surface area (Å²) in [5.74, 6) is -1.59. The Bertz CT molecular complexity index is 1180. The minimum atomic E-state index is -2.67. The first-order valence-electron chi connectivity index (χ1n) is 10.1. The number of hydrogen-bond acceptors (Lipinski definition) is 7. The number of alkyl halides is 2. The standard InChI is InChI=1S/C20H22F2N6O3/c1-25-19(30)28-5-2-14(11-16(28)24-25)27-8-9-31-15-10-13(12-23-17(15)27)18(29)26-6-3-20(21,22)4-7-26/h2,5,10-12,18,29H,3-4,6-9H2,1H3. The Labute approximate surface area is 176 Å². The predicted molar refractivity (Wildman–Crippen MR) is 108 cm³/mol. The number of anilines is 2. The highest BCUT2D eigenvalue weighted by atomic mass is 19.3. The maximum absolute atomic E-state index is 13.4. The molecule has 3 aromatic heterocycles. The lowest BCUT2D eigenvalue weighted by Gasteiger charge is -2.35. The van der Waals surface area contributed by atoms with E-state index >= 15 is 0 Å². The first-order valence-corrected chi connectivity index (χ1v) is 10.1. The Hall–Kier alpha value is -3.05. The molecule has 0 saturated carbocycles. The van der Waals surface area contributed by atoms with E-state index in [0.717, 1.165) is 5.69 Å². The van der Waals surface area contributed by atoms with E-state index in [1.165, 1.54) is 9.08 Å². The maximum atomic E-state index is 13.4. The van der Waals surface area contributed by atoms with E-state index in [4.69, 9.17) is 4.74 Å². The van der Waals surface area contributed by atoms with Gasteiger partial charge in [-0.25, -0.2) is 23.2 Å². The van der Waals surface area contributed by atoms with E-state index in [-0.39, 0.29) is 31.6 Å². The molecule has 5 rings (SSSR count). The van der Waals surface area contributed by atoms with Crippen LogP contribution in [0.3, 0.4) is 0 Å². The lowest BCUT2D eigenvalue weighted by molar-refractivity contribution is -0.0962. The Morgan fingerprint density at radius 3 is 2.77 bits per heavy atom. The summed E-state index contributed by atoms with van der Waals surface area (Å²) in [5, 5.41) is 14.9. The maximum Gasteiger partial charge on any atom is 0.350 e. The van der Waals surface area contributed by atoms with E-state index in [1.807, 2.05) is 11.0 Å². The molecule has 3 aromatic rings. The van der Waals surface area contributed by atoms with Crippen molar-refractivity contribution < 1.29 is 18.6 Å². The molecule has 11 heteroatoms. The van der Waals surface area contributed by atoms with Crippen LogP contribution in [0.4, 0.5) is 20.3 Å². The van der Waals surface area contributed by atoms with Crippen LogP contribution in [0.25, 0.3) is 5.65 Å². The van der Waals surface area contributed by atoms with Gasteiger partial charge in [-0.2, -0.15) is 5.10 Å². The van der Waals surface area contributed by atoms with Crippen molar-refractivity contribution in [1.82, 2.24) is 24.1 Å². The molecular formula is C20H22F2N6O3. The number of nitrogens with zero attached hydrogens (tertiary/aromatic N) is 6. The second-order valence-corrected chi connectivity index (χ2v) is 7.88. The molecule has 31 heavy (non-hydrogen) atoms. The molecule has 0 aliphatic carbocycles. The average molecular weight is 432 g/mol. The molecule has 1 unspecified atom stereocenters. The molecule has 0 radical (unpaired) electrons. The highest BCUT2D eigenvalue weighted by Crippen LogP contribution is 2.38. The molecule has 164 valence electrons. The van der Waals surface area contributed by atoms with Gasteiger partial charge in [0, 0.05) is 62.7 Å². The summed E-state index contributed by atoms with van der Waals surface area (Å²) in [6.07, 6.45) is 1.64. The minimum Gasteiger partial charge on any atom is -0.488 e. The number of piperidine rings is 1. The number of rotatable bonds is 3. The van der Waals surface area contributed by atoms with Crippen molar-refractivity contribution in [3.63, 3.8) is 0 Å². The van der Waals surface area contributed by atoms with Gasteiger partial charge in [0.25, 0.3) is 5.92 Å². The van der Waals surface area contributed by atoms with Crippen molar-refractivity contribution in [2.75, 3.05) is 31.1 Å². The summed E-state index contributed by atoms with van der Waals surface area (Å²) in [5.41, 5.74) is 1.60. The van der Waals surface area contributed by atoms with E-state index in [2.05, 4.69) is 10.1 Å². The summed E-state index contributed by atoms with van der Waals surface area (Å²) < 4.78 is 35.3. The van der Waals surface area contributed by atoms with Crippen molar-refractivity contribution in [2.24, 2.45) is 7.05 Å². The zero-order valence-electron chi connectivity index (χ0n) is 16.9. The molecule has 1 saturated heterocycles. The fourth-order valence-electron chi connectivity index (χ4n) is 4.05. The molecule has 1 N–H and O–H groups in total. The summed E-state index contributed by atoms with van der Waals surface area (Å²) in [6, 6.07) is 5.31. The molecule has 0 amide bonds. The van der Waals surface area contributed by atoms with Crippen LogP contribution in [-0.2, 0) is 7.05 Å². The van der Waals surface area contributed by atoms with Gasteiger partial charge in [0.05, 0.1) is 6.54 Å². The SMILES string of the molecule is Cn1nc2cc(N3CCOc4cc(C(O)N5CCC(F)(F)CC5)cnc43)ccn2c1=O. The summed E-state index contributed by atoms with van der Waals surface area (Å²) in [7, 11) is 1.59. The zero-order valence-corrected chi connectivity index (χ0v) is 16.9. The van der Waals surface area contributed by atoms with Crippen LogP contribution >= 0.6 is 0 Å². The fourth-order valence-corrected chi connectivity index (χ4v) is 4.05. The Balaban J connectivity index is 1.42. The highest BCUT2D eigenvalue weighted by Gasteiger charge is 2.36. The number of halogens is 2. The molecular weight excluding hydrogens is 410 g/mol. The third-order valence-electron chi connectivity index (χ3n) is 5.82. The van der Waals surface area contributed by atoms with Crippen LogP contribution < -0.4 is 15.3 Å². The van der Waals surface area contributed by atoms with Crippen molar-refractivity contribution in [2.45, 2.75) is 25.0 Å². The number of hydrogen-bond donors (Lipinski definition) is 1. The number of likely N-dealkylation sites (tertiary alicyclic amines) is 1. The second kappa shape index (κ2) is 7.27.